The number of aromatic amines is 1. The van der Waals surface area contributed by atoms with E-state index in [-0.39, 0.29) is 5.91 Å². The van der Waals surface area contributed by atoms with Crippen molar-refractivity contribution in [2.24, 2.45) is 0 Å². The molecule has 0 radical (unpaired) electrons. The van der Waals surface area contributed by atoms with Gasteiger partial charge in [-0.3, -0.25) is 4.79 Å². The normalized spacial score (nSPS) is 16.0. The van der Waals surface area contributed by atoms with Crippen molar-refractivity contribution in [3.8, 4) is 22.4 Å². The number of hydrogen-bond acceptors (Lipinski definition) is 4. The first-order valence-corrected chi connectivity index (χ1v) is 12.2. The molecule has 0 unspecified atom stereocenters. The van der Waals surface area contributed by atoms with Crippen molar-refractivity contribution in [1.82, 2.24) is 14.9 Å². The summed E-state index contributed by atoms with van der Waals surface area (Å²) in [4.78, 5) is 27.2. The maximum absolute atomic E-state index is 12.4. The van der Waals surface area contributed by atoms with Crippen LogP contribution in [0.5, 0.6) is 0 Å². The Labute approximate surface area is 205 Å². The Kier molecular flexibility index (Phi) is 5.38. The molecule has 1 amide bonds. The highest BCUT2D eigenvalue weighted by atomic mass is 16.2. The summed E-state index contributed by atoms with van der Waals surface area (Å²) in [6.07, 6.45) is 4.08. The van der Waals surface area contributed by atoms with Crippen LogP contribution in [-0.4, -0.2) is 60.5 Å². The Morgan fingerprint density at radius 3 is 2.54 bits per heavy atom. The molecule has 2 aliphatic heterocycles. The molecule has 2 aromatic carbocycles. The van der Waals surface area contributed by atoms with Crippen molar-refractivity contribution in [1.29, 1.82) is 0 Å². The van der Waals surface area contributed by atoms with Gasteiger partial charge >= 0.3 is 0 Å². The van der Waals surface area contributed by atoms with E-state index in [1.165, 1.54) is 17.3 Å². The standard InChI is InChI=1S/C29H29N5O/c1-3-26(35)34-14-12-20-6-7-22(19-25(20)34)27-24-5-4-13-30-29(24)31-28(27)21-8-10-23(11-9-21)33-17-15-32(2)16-18-33/h3-11,13,19H,1,12,14-18H2,2H3,(H,30,31). The SMILES string of the molecule is C=CC(=O)N1CCc2ccc(-c3c(-c4ccc(N5CCN(C)CC5)cc4)[nH]c4ncccc34)cc21. The van der Waals surface area contributed by atoms with Crippen LogP contribution in [0.15, 0.2) is 73.4 Å². The van der Waals surface area contributed by atoms with E-state index in [9.17, 15) is 4.79 Å². The lowest BCUT2D eigenvalue weighted by atomic mass is 9.97. The third-order valence-electron chi connectivity index (χ3n) is 7.31. The average Bonchev–Trinajstić information content (AvgIpc) is 3.50. The lowest BCUT2D eigenvalue weighted by molar-refractivity contribution is -0.114. The number of carbonyl (C=O) groups excluding carboxylic acids is 1. The van der Waals surface area contributed by atoms with Crippen molar-refractivity contribution < 1.29 is 4.79 Å². The Morgan fingerprint density at radius 1 is 1.00 bits per heavy atom. The van der Waals surface area contributed by atoms with Crippen LogP contribution in [0, 0.1) is 0 Å². The molecule has 0 atom stereocenters. The molecule has 2 aromatic heterocycles. The Morgan fingerprint density at radius 2 is 1.77 bits per heavy atom. The average molecular weight is 464 g/mol. The second-order valence-electron chi connectivity index (χ2n) is 9.40. The van der Waals surface area contributed by atoms with Gasteiger partial charge in [-0.15, -0.1) is 0 Å². The number of fused-ring (bicyclic) bond motifs is 2. The molecule has 4 heterocycles. The number of benzene rings is 2. The van der Waals surface area contributed by atoms with E-state index in [2.05, 4.69) is 81.9 Å². The van der Waals surface area contributed by atoms with Crippen LogP contribution >= 0.6 is 0 Å². The second kappa shape index (κ2) is 8.71. The summed E-state index contributed by atoms with van der Waals surface area (Å²) >= 11 is 0. The zero-order valence-electron chi connectivity index (χ0n) is 20.0. The molecular formula is C29H29N5O. The van der Waals surface area contributed by atoms with Crippen LogP contribution in [-0.2, 0) is 11.2 Å². The molecule has 6 nitrogen and oxygen atoms in total. The van der Waals surface area contributed by atoms with Gasteiger partial charge in [0, 0.05) is 61.2 Å². The number of piperazine rings is 1. The smallest absolute Gasteiger partial charge is 0.250 e. The molecule has 1 N–H and O–H groups in total. The number of nitrogens with one attached hydrogen (secondary N) is 1. The Bertz CT molecular complexity index is 1410. The van der Waals surface area contributed by atoms with Crippen LogP contribution in [0.25, 0.3) is 33.4 Å². The summed E-state index contributed by atoms with van der Waals surface area (Å²) in [6.45, 7) is 8.64. The van der Waals surface area contributed by atoms with Crippen molar-refractivity contribution in [3.05, 3.63) is 79.0 Å². The minimum atomic E-state index is -0.0544. The van der Waals surface area contributed by atoms with E-state index in [0.29, 0.717) is 6.54 Å². The molecule has 1 saturated heterocycles. The highest BCUT2D eigenvalue weighted by Crippen LogP contribution is 2.41. The molecule has 0 aliphatic carbocycles. The minimum absolute atomic E-state index is 0.0544. The lowest BCUT2D eigenvalue weighted by Gasteiger charge is -2.34. The summed E-state index contributed by atoms with van der Waals surface area (Å²) in [5, 5.41) is 1.07. The van der Waals surface area contributed by atoms with Crippen LogP contribution in [0.1, 0.15) is 5.56 Å². The van der Waals surface area contributed by atoms with E-state index >= 15 is 0 Å². The molecule has 0 spiro atoms. The highest BCUT2D eigenvalue weighted by Gasteiger charge is 2.25. The molecule has 6 rings (SSSR count). The first-order chi connectivity index (χ1) is 17.1. The maximum atomic E-state index is 12.4. The third kappa shape index (κ3) is 3.80. The van der Waals surface area contributed by atoms with E-state index in [4.69, 9.17) is 0 Å². The molecular weight excluding hydrogens is 434 g/mol. The van der Waals surface area contributed by atoms with Crippen molar-refractivity contribution >= 4 is 28.3 Å². The molecule has 35 heavy (non-hydrogen) atoms. The highest BCUT2D eigenvalue weighted by molar-refractivity contribution is 6.06. The number of aromatic nitrogens is 2. The lowest BCUT2D eigenvalue weighted by Crippen LogP contribution is -2.44. The predicted octanol–water partition coefficient (Wildman–Crippen LogP) is 4.72. The van der Waals surface area contributed by atoms with Crippen LogP contribution in [0.3, 0.4) is 0 Å². The largest absolute Gasteiger partial charge is 0.369 e. The summed E-state index contributed by atoms with van der Waals surface area (Å²) in [6, 6.07) is 19.4. The van der Waals surface area contributed by atoms with E-state index in [1.54, 1.807) is 0 Å². The van der Waals surface area contributed by atoms with E-state index in [0.717, 1.165) is 71.7 Å². The molecule has 6 heteroatoms. The predicted molar refractivity (Wildman–Crippen MR) is 143 cm³/mol. The van der Waals surface area contributed by atoms with Crippen LogP contribution < -0.4 is 9.80 Å². The van der Waals surface area contributed by atoms with E-state index in [1.807, 2.05) is 17.2 Å². The van der Waals surface area contributed by atoms with Gasteiger partial charge in [-0.2, -0.15) is 0 Å². The molecule has 176 valence electrons. The number of nitrogens with zero attached hydrogens (tertiary/aromatic N) is 4. The zero-order valence-corrected chi connectivity index (χ0v) is 20.0. The molecule has 0 bridgehead atoms. The number of anilines is 2. The number of carbonyl (C=O) groups is 1. The minimum Gasteiger partial charge on any atom is -0.369 e. The van der Waals surface area contributed by atoms with Gasteiger partial charge in [0.25, 0.3) is 0 Å². The monoisotopic (exact) mass is 463 g/mol. The van der Waals surface area contributed by atoms with Crippen molar-refractivity contribution in [2.75, 3.05) is 49.6 Å². The summed E-state index contributed by atoms with van der Waals surface area (Å²) in [7, 11) is 2.18. The molecule has 1 fully saturated rings. The van der Waals surface area contributed by atoms with Crippen molar-refractivity contribution in [2.45, 2.75) is 6.42 Å². The zero-order chi connectivity index (χ0) is 23.9. The molecule has 0 saturated carbocycles. The Hall–Kier alpha value is -3.90. The summed E-state index contributed by atoms with van der Waals surface area (Å²) in [5.41, 5.74) is 8.64. The number of hydrogen-bond donors (Lipinski definition) is 1. The van der Waals surface area contributed by atoms with Gasteiger partial charge in [-0.25, -0.2) is 4.98 Å². The number of pyridine rings is 1. The van der Waals surface area contributed by atoms with Gasteiger partial charge in [-0.1, -0.05) is 30.8 Å². The number of amides is 1. The number of likely N-dealkylation sites (N-methyl/N-ethyl adjacent to an activating group) is 1. The maximum Gasteiger partial charge on any atom is 0.250 e. The van der Waals surface area contributed by atoms with Gasteiger partial charge in [0.2, 0.25) is 5.91 Å². The van der Waals surface area contributed by atoms with Gasteiger partial charge in [0.15, 0.2) is 0 Å². The van der Waals surface area contributed by atoms with E-state index < -0.39 is 0 Å². The van der Waals surface area contributed by atoms with Gasteiger partial charge in [0.05, 0.1) is 5.69 Å². The van der Waals surface area contributed by atoms with Gasteiger partial charge in [-0.05, 0) is 66.6 Å². The fourth-order valence-corrected chi connectivity index (χ4v) is 5.32. The molecule has 2 aliphatic rings. The van der Waals surface area contributed by atoms with Gasteiger partial charge in [0.1, 0.15) is 5.65 Å². The Balaban J connectivity index is 1.43. The first-order valence-electron chi connectivity index (χ1n) is 12.2. The third-order valence-corrected chi connectivity index (χ3v) is 7.31. The topological polar surface area (TPSA) is 55.5 Å². The summed E-state index contributed by atoms with van der Waals surface area (Å²) < 4.78 is 0. The number of H-pyrrole nitrogens is 1. The first kappa shape index (κ1) is 21.6. The number of rotatable bonds is 4. The van der Waals surface area contributed by atoms with Crippen LogP contribution in [0.2, 0.25) is 0 Å². The van der Waals surface area contributed by atoms with Crippen LogP contribution in [0.4, 0.5) is 11.4 Å². The molecule has 4 aromatic rings. The fourth-order valence-electron chi connectivity index (χ4n) is 5.32. The van der Waals surface area contributed by atoms with Crippen molar-refractivity contribution in [3.63, 3.8) is 0 Å². The fraction of sp³-hybridized carbons (Fsp3) is 0.241. The summed E-state index contributed by atoms with van der Waals surface area (Å²) in [5.74, 6) is -0.0544. The second-order valence-corrected chi connectivity index (χ2v) is 9.40. The quantitative estimate of drug-likeness (QED) is 0.445. The van der Waals surface area contributed by atoms with Gasteiger partial charge < -0.3 is 19.7 Å².